The van der Waals surface area contributed by atoms with Gasteiger partial charge in [-0.1, -0.05) is 56.4 Å². The standard InChI is InChI=1S/C48H54N8O5S/c1-30-29-49-43-42-34-18-19-35(51-36(34)20-22-39(42)62-45(43)47(60)50-30)32-14-10-15-33(28-32)54-24-26-55(27-25-54)41(58)17-9-7-5-3-4-6-8-12-31-13-11-16-37-44(31)53(2)48(61)56(37)38-21-23-40(57)52-46(38)59/h10-11,13-16,18-20,22,28,30,38,49H,3-9,12,17,21,23-27,29H2,1-2H3,(H,50,60)(H,52,57,59)/t30-,38?/m1/s1. The van der Waals surface area contributed by atoms with Crippen molar-refractivity contribution < 1.29 is 19.2 Å². The van der Waals surface area contributed by atoms with Gasteiger partial charge in [0, 0.05) is 85.4 Å². The summed E-state index contributed by atoms with van der Waals surface area (Å²) in [5, 5.41) is 11.0. The van der Waals surface area contributed by atoms with Gasteiger partial charge in [-0.2, -0.15) is 0 Å². The van der Waals surface area contributed by atoms with Crippen LogP contribution in [0.1, 0.15) is 92.4 Å². The molecule has 2 fully saturated rings. The smallest absolute Gasteiger partial charge is 0.329 e. The lowest BCUT2D eigenvalue weighted by atomic mass is 10.0. The van der Waals surface area contributed by atoms with Gasteiger partial charge < -0.3 is 20.4 Å². The van der Waals surface area contributed by atoms with Gasteiger partial charge in [0.15, 0.2) is 0 Å². The number of imidazole rings is 1. The minimum atomic E-state index is -0.678. The lowest BCUT2D eigenvalue weighted by Crippen LogP contribution is -2.48. The number of unbranched alkanes of at least 4 members (excludes halogenated alkanes) is 6. The summed E-state index contributed by atoms with van der Waals surface area (Å²) in [6.45, 7) is 5.69. The molecule has 62 heavy (non-hydrogen) atoms. The Balaban J connectivity index is 0.709. The van der Waals surface area contributed by atoms with Crippen LogP contribution in [0.4, 0.5) is 11.4 Å². The Kier molecular flexibility index (Phi) is 11.8. The predicted octanol–water partition coefficient (Wildman–Crippen LogP) is 7.30. The van der Waals surface area contributed by atoms with Crippen LogP contribution in [-0.4, -0.2) is 81.4 Å². The Labute approximate surface area is 364 Å². The highest BCUT2D eigenvalue weighted by molar-refractivity contribution is 7.21. The number of para-hydroxylation sites is 1. The number of rotatable bonds is 13. The summed E-state index contributed by atoms with van der Waals surface area (Å²) in [6.07, 6.45) is 9.40. The van der Waals surface area contributed by atoms with Gasteiger partial charge in [-0.3, -0.25) is 33.6 Å². The Morgan fingerprint density at radius 3 is 2.45 bits per heavy atom. The molecular weight excluding hydrogens is 801 g/mol. The van der Waals surface area contributed by atoms with Gasteiger partial charge in [0.1, 0.15) is 10.9 Å². The predicted molar refractivity (Wildman–Crippen MR) is 246 cm³/mol. The second-order valence-electron chi connectivity index (χ2n) is 17.1. The quantitative estimate of drug-likeness (QED) is 0.0810. The number of carbonyl (C=O) groups is 4. The zero-order chi connectivity index (χ0) is 42.9. The summed E-state index contributed by atoms with van der Waals surface area (Å²) >= 11 is 1.52. The highest BCUT2D eigenvalue weighted by Gasteiger charge is 2.32. The summed E-state index contributed by atoms with van der Waals surface area (Å²) in [5.74, 6) is -0.494. The lowest BCUT2D eigenvalue weighted by Gasteiger charge is -2.36. The van der Waals surface area contributed by atoms with Gasteiger partial charge >= 0.3 is 5.69 Å². The number of piperidine rings is 1. The first-order chi connectivity index (χ1) is 30.1. The molecule has 0 saturated carbocycles. The van der Waals surface area contributed by atoms with Crippen molar-refractivity contribution in [1.82, 2.24) is 29.7 Å². The maximum absolute atomic E-state index is 13.2. The number of thiophene rings is 1. The number of fused-ring (bicyclic) bond motifs is 6. The summed E-state index contributed by atoms with van der Waals surface area (Å²) in [7, 11) is 1.75. The van der Waals surface area contributed by atoms with E-state index >= 15 is 0 Å². The minimum absolute atomic E-state index is 0.0299. The lowest BCUT2D eigenvalue weighted by molar-refractivity contribution is -0.136. The van der Waals surface area contributed by atoms with E-state index in [2.05, 4.69) is 69.4 Å². The summed E-state index contributed by atoms with van der Waals surface area (Å²) in [4.78, 5) is 73.7. The van der Waals surface area contributed by atoms with E-state index in [0.717, 1.165) is 130 Å². The number of benzene rings is 3. The fraction of sp³-hybridized carbons (Fsp3) is 0.417. The molecule has 6 heterocycles. The molecule has 2 saturated heterocycles. The Bertz CT molecular complexity index is 2760. The first-order valence-electron chi connectivity index (χ1n) is 22.2. The molecule has 3 aliphatic rings. The monoisotopic (exact) mass is 854 g/mol. The average Bonchev–Trinajstić information content (AvgIpc) is 3.74. The Morgan fingerprint density at radius 2 is 1.65 bits per heavy atom. The fourth-order valence-corrected chi connectivity index (χ4v) is 10.6. The number of hydrogen-bond acceptors (Lipinski definition) is 9. The topological polar surface area (TPSA) is 151 Å². The molecule has 3 N–H and O–H groups in total. The number of nitrogens with zero attached hydrogens (tertiary/aromatic N) is 5. The molecule has 0 aliphatic carbocycles. The van der Waals surface area contributed by atoms with E-state index in [1.807, 2.05) is 30.0 Å². The molecule has 0 spiro atoms. The highest BCUT2D eigenvalue weighted by atomic mass is 32.1. The van der Waals surface area contributed by atoms with Crippen LogP contribution in [0.2, 0.25) is 0 Å². The molecule has 14 heteroatoms. The summed E-state index contributed by atoms with van der Waals surface area (Å²) < 4.78 is 4.25. The molecule has 322 valence electrons. The van der Waals surface area contributed by atoms with E-state index in [4.69, 9.17) is 4.98 Å². The van der Waals surface area contributed by atoms with E-state index in [9.17, 15) is 24.0 Å². The molecule has 0 bridgehead atoms. The van der Waals surface area contributed by atoms with Crippen molar-refractivity contribution >= 4 is 78.4 Å². The molecule has 1 unspecified atom stereocenters. The summed E-state index contributed by atoms with van der Waals surface area (Å²) in [5.41, 5.74) is 7.33. The molecule has 4 amide bonds. The van der Waals surface area contributed by atoms with Crippen molar-refractivity contribution in [3.05, 3.63) is 87.7 Å². The van der Waals surface area contributed by atoms with Crippen LogP contribution < -0.4 is 26.5 Å². The average molecular weight is 855 g/mol. The van der Waals surface area contributed by atoms with Crippen LogP contribution in [0.15, 0.2) is 71.5 Å². The number of hydrogen-bond donors (Lipinski definition) is 3. The van der Waals surface area contributed by atoms with Gasteiger partial charge in [-0.15, -0.1) is 11.3 Å². The van der Waals surface area contributed by atoms with Crippen molar-refractivity contribution in [3.8, 4) is 11.3 Å². The molecule has 9 rings (SSSR count). The fourth-order valence-electron chi connectivity index (χ4n) is 9.55. The van der Waals surface area contributed by atoms with E-state index < -0.39 is 11.9 Å². The van der Waals surface area contributed by atoms with Gasteiger partial charge in [0.2, 0.25) is 17.7 Å². The Hall–Kier alpha value is -6.02. The number of amides is 4. The van der Waals surface area contributed by atoms with E-state index in [1.54, 1.807) is 16.2 Å². The first kappa shape index (κ1) is 41.3. The summed E-state index contributed by atoms with van der Waals surface area (Å²) in [6, 6.07) is 22.1. The van der Waals surface area contributed by atoms with Crippen LogP contribution in [0.5, 0.6) is 0 Å². The third-order valence-corrected chi connectivity index (χ3v) is 14.0. The number of aryl methyl sites for hydroxylation is 2. The second kappa shape index (κ2) is 17.8. The molecule has 3 aromatic heterocycles. The van der Waals surface area contributed by atoms with Crippen molar-refractivity contribution in [3.63, 3.8) is 0 Å². The van der Waals surface area contributed by atoms with Crippen LogP contribution in [0, 0.1) is 0 Å². The number of piperazine rings is 1. The molecule has 3 aromatic carbocycles. The van der Waals surface area contributed by atoms with E-state index in [0.29, 0.717) is 32.5 Å². The number of imide groups is 1. The van der Waals surface area contributed by atoms with Crippen LogP contribution in [-0.2, 0) is 27.9 Å². The molecule has 6 aromatic rings. The second-order valence-corrected chi connectivity index (χ2v) is 18.2. The molecule has 0 radical (unpaired) electrons. The number of pyridine rings is 1. The Morgan fingerprint density at radius 1 is 0.871 bits per heavy atom. The number of aromatic nitrogens is 3. The van der Waals surface area contributed by atoms with Crippen molar-refractivity contribution in [2.75, 3.05) is 42.9 Å². The van der Waals surface area contributed by atoms with Crippen LogP contribution in [0.3, 0.4) is 0 Å². The maximum atomic E-state index is 13.2. The largest absolute Gasteiger partial charge is 0.381 e. The van der Waals surface area contributed by atoms with Crippen LogP contribution in [0.25, 0.3) is 43.3 Å². The van der Waals surface area contributed by atoms with Crippen molar-refractivity contribution in [2.24, 2.45) is 7.05 Å². The third-order valence-electron chi connectivity index (χ3n) is 12.9. The molecule has 3 aliphatic heterocycles. The van der Waals surface area contributed by atoms with Crippen LogP contribution >= 0.6 is 11.3 Å². The zero-order valence-corrected chi connectivity index (χ0v) is 36.3. The van der Waals surface area contributed by atoms with Gasteiger partial charge in [0.25, 0.3) is 5.91 Å². The minimum Gasteiger partial charge on any atom is -0.381 e. The third kappa shape index (κ3) is 8.19. The number of carbonyl (C=O) groups excluding carboxylic acids is 4. The highest BCUT2D eigenvalue weighted by Crippen LogP contribution is 2.41. The van der Waals surface area contributed by atoms with E-state index in [-0.39, 0.29) is 35.9 Å². The number of anilines is 2. The first-order valence-corrected chi connectivity index (χ1v) is 23.0. The zero-order valence-electron chi connectivity index (χ0n) is 35.5. The number of nitrogens with one attached hydrogen (secondary N) is 3. The maximum Gasteiger partial charge on any atom is 0.329 e. The molecule has 13 nitrogen and oxygen atoms in total. The van der Waals surface area contributed by atoms with Gasteiger partial charge in [-0.05, 0) is 80.6 Å². The normalized spacial score (nSPS) is 18.2. The van der Waals surface area contributed by atoms with Crippen molar-refractivity contribution in [1.29, 1.82) is 0 Å². The molecule has 2 atom stereocenters. The SMILES string of the molecule is C[C@@H]1CNc2c(sc3ccc4nc(-c5cccc(N6CCN(C(=O)CCCCCCCCCc7cccc8c7n(C)c(=O)n8C7CCC(=O)NC7=O)CC6)c5)ccc4c23)C(=O)N1. The molecular formula is C48H54N8O5S. The van der Waals surface area contributed by atoms with Gasteiger partial charge in [0.05, 0.1) is 27.9 Å². The van der Waals surface area contributed by atoms with Crippen molar-refractivity contribution in [2.45, 2.75) is 89.6 Å². The van der Waals surface area contributed by atoms with Gasteiger partial charge in [-0.25, -0.2) is 9.78 Å². The van der Waals surface area contributed by atoms with E-state index in [1.165, 1.54) is 11.3 Å².